The number of piperidine rings is 1. The van der Waals surface area contributed by atoms with Crippen molar-refractivity contribution in [2.75, 3.05) is 20.1 Å². The lowest BCUT2D eigenvalue weighted by Gasteiger charge is -2.32. The molecule has 2 heterocycles. The third-order valence-electron chi connectivity index (χ3n) is 3.08. The second kappa shape index (κ2) is 5.58. The Morgan fingerprint density at radius 1 is 1.60 bits per heavy atom. The highest BCUT2D eigenvalue weighted by Gasteiger charge is 2.17. The number of hydrogen-bond acceptors (Lipinski definition) is 4. The molecule has 0 aliphatic carbocycles. The van der Waals surface area contributed by atoms with Crippen LogP contribution in [0, 0.1) is 0 Å². The molecule has 15 heavy (non-hydrogen) atoms. The summed E-state index contributed by atoms with van der Waals surface area (Å²) in [5, 5.41) is 3.52. The Kier molecular flexibility index (Phi) is 4.11. The van der Waals surface area contributed by atoms with Gasteiger partial charge in [0.2, 0.25) is 0 Å². The van der Waals surface area contributed by atoms with Crippen LogP contribution in [0.4, 0.5) is 0 Å². The topological polar surface area (TPSA) is 28.2 Å². The first-order valence-electron chi connectivity index (χ1n) is 5.64. The van der Waals surface area contributed by atoms with Gasteiger partial charge in [-0.05, 0) is 26.4 Å². The van der Waals surface area contributed by atoms with Crippen molar-refractivity contribution in [3.05, 3.63) is 16.6 Å². The first-order chi connectivity index (χ1) is 7.36. The van der Waals surface area contributed by atoms with E-state index in [1.165, 1.54) is 30.7 Å². The summed E-state index contributed by atoms with van der Waals surface area (Å²) in [4.78, 5) is 7.87. The lowest BCUT2D eigenvalue weighted by Crippen LogP contribution is -2.42. The van der Waals surface area contributed by atoms with E-state index < -0.39 is 0 Å². The van der Waals surface area contributed by atoms with Crippen LogP contribution in [0.15, 0.2) is 11.7 Å². The van der Waals surface area contributed by atoms with Gasteiger partial charge in [-0.1, -0.05) is 6.42 Å². The van der Waals surface area contributed by atoms with Crippen molar-refractivity contribution in [2.24, 2.45) is 0 Å². The molecule has 0 saturated carbocycles. The van der Waals surface area contributed by atoms with Crippen molar-refractivity contribution in [2.45, 2.75) is 31.8 Å². The van der Waals surface area contributed by atoms with Crippen molar-refractivity contribution >= 4 is 11.3 Å². The molecule has 0 amide bonds. The molecule has 4 heteroatoms. The molecular weight excluding hydrogens is 206 g/mol. The maximum atomic E-state index is 4.07. The van der Waals surface area contributed by atoms with Crippen LogP contribution in [-0.4, -0.2) is 36.1 Å². The highest BCUT2D eigenvalue weighted by Crippen LogP contribution is 2.14. The van der Waals surface area contributed by atoms with Gasteiger partial charge in [0.15, 0.2) is 0 Å². The Balaban J connectivity index is 1.68. The molecule has 2 rings (SSSR count). The summed E-state index contributed by atoms with van der Waals surface area (Å²) in [5.41, 5.74) is 1.89. The predicted octanol–water partition coefficient (Wildman–Crippen LogP) is 1.72. The van der Waals surface area contributed by atoms with Crippen LogP contribution in [-0.2, 0) is 6.54 Å². The Hall–Kier alpha value is -0.450. The van der Waals surface area contributed by atoms with E-state index in [1.54, 1.807) is 11.3 Å². The van der Waals surface area contributed by atoms with Gasteiger partial charge in [0.05, 0.1) is 5.51 Å². The van der Waals surface area contributed by atoms with Gasteiger partial charge in [-0.2, -0.15) is 0 Å². The lowest BCUT2D eigenvalue weighted by atomic mass is 10.0. The summed E-state index contributed by atoms with van der Waals surface area (Å²) in [6.45, 7) is 3.33. The van der Waals surface area contributed by atoms with Crippen LogP contribution in [0.2, 0.25) is 0 Å². The fraction of sp³-hybridized carbons (Fsp3) is 0.727. The number of nitrogens with zero attached hydrogens (tertiary/aromatic N) is 2. The number of likely N-dealkylation sites (N-methyl/N-ethyl adjacent to an activating group) is 1. The van der Waals surface area contributed by atoms with Crippen LogP contribution in [0.1, 0.15) is 24.1 Å². The van der Waals surface area contributed by atoms with Crippen molar-refractivity contribution in [1.29, 1.82) is 0 Å². The standard InChI is InChI=1S/C11H19N3S/c1-14-5-3-2-4-10(14)6-12-7-11-8-13-9-15-11/h8-10,12H,2-7H2,1H3. The molecule has 1 N–H and O–H groups in total. The largest absolute Gasteiger partial charge is 0.310 e. The van der Waals surface area contributed by atoms with E-state index in [-0.39, 0.29) is 0 Å². The number of likely N-dealkylation sites (tertiary alicyclic amines) is 1. The third-order valence-corrected chi connectivity index (χ3v) is 3.86. The summed E-state index contributed by atoms with van der Waals surface area (Å²) in [5.74, 6) is 0. The Labute approximate surface area is 95.5 Å². The molecule has 1 aromatic heterocycles. The molecule has 3 nitrogen and oxygen atoms in total. The zero-order chi connectivity index (χ0) is 10.5. The fourth-order valence-electron chi connectivity index (χ4n) is 2.09. The molecule has 1 aliphatic rings. The predicted molar refractivity (Wildman–Crippen MR) is 64.1 cm³/mol. The molecule has 0 radical (unpaired) electrons. The van der Waals surface area contributed by atoms with E-state index in [0.717, 1.165) is 19.1 Å². The van der Waals surface area contributed by atoms with Gasteiger partial charge >= 0.3 is 0 Å². The van der Waals surface area contributed by atoms with Crippen LogP contribution >= 0.6 is 11.3 Å². The minimum absolute atomic E-state index is 0.728. The van der Waals surface area contributed by atoms with Gasteiger partial charge in [-0.25, -0.2) is 0 Å². The molecule has 0 spiro atoms. The molecule has 1 unspecified atom stereocenters. The minimum atomic E-state index is 0.728. The van der Waals surface area contributed by atoms with E-state index in [9.17, 15) is 0 Å². The second-order valence-corrected chi connectivity index (χ2v) is 5.20. The van der Waals surface area contributed by atoms with Crippen LogP contribution < -0.4 is 5.32 Å². The summed E-state index contributed by atoms with van der Waals surface area (Å²) in [7, 11) is 2.23. The first kappa shape index (κ1) is 11.0. The quantitative estimate of drug-likeness (QED) is 0.845. The van der Waals surface area contributed by atoms with Gasteiger partial charge in [0.25, 0.3) is 0 Å². The van der Waals surface area contributed by atoms with Gasteiger partial charge in [0.1, 0.15) is 0 Å². The van der Waals surface area contributed by atoms with Crippen LogP contribution in [0.3, 0.4) is 0 Å². The summed E-state index contributed by atoms with van der Waals surface area (Å²) in [6, 6.07) is 0.728. The summed E-state index contributed by atoms with van der Waals surface area (Å²) >= 11 is 1.72. The molecule has 1 aliphatic heterocycles. The Bertz CT molecular complexity index is 273. The molecule has 0 aromatic carbocycles. The average molecular weight is 225 g/mol. The molecule has 1 aromatic rings. The number of aromatic nitrogens is 1. The number of rotatable bonds is 4. The van der Waals surface area contributed by atoms with Gasteiger partial charge in [0, 0.05) is 30.2 Å². The van der Waals surface area contributed by atoms with Gasteiger partial charge in [-0.3, -0.25) is 4.98 Å². The average Bonchev–Trinajstić information content (AvgIpc) is 2.74. The third kappa shape index (κ3) is 3.26. The van der Waals surface area contributed by atoms with E-state index in [1.807, 2.05) is 11.7 Å². The molecule has 1 fully saturated rings. The van der Waals surface area contributed by atoms with E-state index in [2.05, 4.69) is 22.2 Å². The van der Waals surface area contributed by atoms with Crippen molar-refractivity contribution in [3.8, 4) is 0 Å². The van der Waals surface area contributed by atoms with Crippen molar-refractivity contribution in [3.63, 3.8) is 0 Å². The number of hydrogen-bond donors (Lipinski definition) is 1. The first-order valence-corrected chi connectivity index (χ1v) is 6.52. The monoisotopic (exact) mass is 225 g/mol. The Morgan fingerprint density at radius 3 is 3.27 bits per heavy atom. The SMILES string of the molecule is CN1CCCCC1CNCc1cncs1. The fourth-order valence-corrected chi connectivity index (χ4v) is 2.66. The van der Waals surface area contributed by atoms with E-state index in [0.29, 0.717) is 0 Å². The van der Waals surface area contributed by atoms with Crippen LogP contribution in [0.25, 0.3) is 0 Å². The maximum absolute atomic E-state index is 4.07. The molecule has 84 valence electrons. The number of nitrogens with one attached hydrogen (secondary N) is 1. The smallest absolute Gasteiger partial charge is 0.0794 e. The minimum Gasteiger partial charge on any atom is -0.310 e. The summed E-state index contributed by atoms with van der Waals surface area (Å²) < 4.78 is 0. The highest BCUT2D eigenvalue weighted by atomic mass is 32.1. The Morgan fingerprint density at radius 2 is 2.53 bits per heavy atom. The van der Waals surface area contributed by atoms with Crippen molar-refractivity contribution in [1.82, 2.24) is 15.2 Å². The zero-order valence-corrected chi connectivity index (χ0v) is 10.1. The second-order valence-electron chi connectivity index (χ2n) is 4.23. The zero-order valence-electron chi connectivity index (χ0n) is 9.28. The highest BCUT2D eigenvalue weighted by molar-refractivity contribution is 7.09. The molecular formula is C11H19N3S. The molecule has 0 bridgehead atoms. The van der Waals surface area contributed by atoms with Gasteiger partial charge < -0.3 is 10.2 Å². The van der Waals surface area contributed by atoms with Gasteiger partial charge in [-0.15, -0.1) is 11.3 Å². The van der Waals surface area contributed by atoms with Crippen LogP contribution in [0.5, 0.6) is 0 Å². The number of thiazole rings is 1. The van der Waals surface area contributed by atoms with E-state index >= 15 is 0 Å². The molecule has 1 saturated heterocycles. The normalized spacial score (nSPS) is 23.1. The maximum Gasteiger partial charge on any atom is 0.0794 e. The summed E-state index contributed by atoms with van der Waals surface area (Å²) in [6.07, 6.45) is 6.04. The molecule has 1 atom stereocenters. The lowest BCUT2D eigenvalue weighted by molar-refractivity contribution is 0.181. The van der Waals surface area contributed by atoms with E-state index in [4.69, 9.17) is 0 Å². The van der Waals surface area contributed by atoms with Crippen molar-refractivity contribution < 1.29 is 0 Å².